The normalized spacial score (nSPS) is 33.4. The quantitative estimate of drug-likeness (QED) is 0.199. The molecule has 6 fully saturated rings. The summed E-state index contributed by atoms with van der Waals surface area (Å²) >= 11 is 0. The Kier molecular flexibility index (Phi) is 12.7. The highest BCUT2D eigenvalue weighted by Gasteiger charge is 2.83. The topological polar surface area (TPSA) is 129 Å². The van der Waals surface area contributed by atoms with Crippen LogP contribution in [0.2, 0.25) is 26.2 Å². The maximum absolute atomic E-state index is 8.38. The van der Waals surface area contributed by atoms with E-state index in [0.29, 0.717) is 41.5 Å². The van der Waals surface area contributed by atoms with Crippen LogP contribution in [0.4, 0.5) is 0 Å². The number of benzene rings is 8. The summed E-state index contributed by atoms with van der Waals surface area (Å²) in [6, 6.07) is 77.3. The summed E-state index contributed by atoms with van der Waals surface area (Å²) in [5, 5.41) is 4.37. The zero-order valence-corrected chi connectivity index (χ0v) is 51.8. The summed E-state index contributed by atoms with van der Waals surface area (Å²) < 4.78 is 115. The highest BCUT2D eigenvalue weighted by atomic mass is 28.6. The highest BCUT2D eigenvalue weighted by molar-refractivity contribution is 7.12. The minimum absolute atomic E-state index is 0.523. The van der Waals surface area contributed by atoms with Gasteiger partial charge in [0, 0.05) is 41.5 Å². The molecule has 6 aliphatic rings. The predicted molar refractivity (Wildman–Crippen MR) is 305 cm³/mol. The van der Waals surface area contributed by atoms with E-state index in [9.17, 15) is 0 Å². The van der Waals surface area contributed by atoms with Crippen LogP contribution in [0.25, 0.3) is 0 Å². The third kappa shape index (κ3) is 8.85. The number of hydrogen-bond acceptors (Lipinski definition) is 14. The van der Waals surface area contributed by atoms with Crippen LogP contribution in [0, 0.1) is 0 Å². The highest BCUT2D eigenvalue weighted by Crippen LogP contribution is 2.46. The average molecular weight is 1180 g/mol. The lowest BCUT2D eigenvalue weighted by molar-refractivity contribution is 0.0264. The molecule has 0 unspecified atom stereocenters. The Morgan fingerprint density at radius 3 is 0.382 bits per heavy atom. The molecule has 8 bridgehead atoms. The SMILES string of the molecule is C[Si]1(C)O[Si]2(c3ccccc3)O[Si]3(c4ccccc4)O[Si]4(c5ccccc5)O[Si](C)(C)O[Si]5(c6ccccc6)O[Si](c6ccccc6)(O[Si](c6ccccc6)(O1)O[Si](c1ccccc1)(O5)O[Si](c1ccccc1)(O2)O4)O3. The van der Waals surface area contributed by atoms with Crippen molar-refractivity contribution in [2.45, 2.75) is 26.2 Å². The molecule has 0 saturated carbocycles. The number of hydrogen-bond donors (Lipinski definition) is 0. The summed E-state index contributed by atoms with van der Waals surface area (Å²) in [5.74, 6) is 0. The maximum Gasteiger partial charge on any atom is 0.515 e. The van der Waals surface area contributed by atoms with Crippen molar-refractivity contribution in [2.24, 2.45) is 0 Å². The molecule has 384 valence electrons. The van der Waals surface area contributed by atoms with Crippen LogP contribution in [-0.2, 0) is 57.6 Å². The smallest absolute Gasteiger partial charge is 0.391 e. The molecule has 0 aromatic heterocycles. The van der Waals surface area contributed by atoms with Gasteiger partial charge in [0.25, 0.3) is 0 Å². The minimum Gasteiger partial charge on any atom is -0.391 e. The minimum atomic E-state index is -5.03. The Morgan fingerprint density at radius 2 is 0.263 bits per heavy atom. The van der Waals surface area contributed by atoms with E-state index in [1.165, 1.54) is 0 Å². The molecular formula is C52H52O14Si10. The Hall–Kier alpha value is -4.63. The third-order valence-electron chi connectivity index (χ3n) is 13.2. The predicted octanol–water partition coefficient (Wildman–Crippen LogP) is 4.46. The maximum atomic E-state index is 8.38. The van der Waals surface area contributed by atoms with Gasteiger partial charge in [-0.2, -0.15) is 0 Å². The molecule has 6 saturated heterocycles. The van der Waals surface area contributed by atoms with Gasteiger partial charge in [-0.25, -0.2) is 0 Å². The molecule has 6 heterocycles. The van der Waals surface area contributed by atoms with Crippen molar-refractivity contribution >= 4 is 129 Å². The van der Waals surface area contributed by atoms with Gasteiger partial charge in [0.15, 0.2) is 0 Å². The van der Waals surface area contributed by atoms with Gasteiger partial charge < -0.3 is 57.6 Å². The van der Waals surface area contributed by atoms with Gasteiger partial charge in [-0.15, -0.1) is 0 Å². The van der Waals surface area contributed by atoms with Gasteiger partial charge in [0.05, 0.1) is 0 Å². The Balaban J connectivity index is 1.31. The molecule has 0 N–H and O–H groups in total. The zero-order chi connectivity index (χ0) is 51.8. The summed E-state index contributed by atoms with van der Waals surface area (Å²) in [4.78, 5) is 0. The van der Waals surface area contributed by atoms with Crippen LogP contribution >= 0.6 is 0 Å². The third-order valence-corrected chi connectivity index (χ3v) is 55.2. The molecular weight excluding hydrogens is 1130 g/mol. The Morgan fingerprint density at radius 1 is 0.158 bits per heavy atom. The second-order valence-corrected chi connectivity index (χ2v) is 50.2. The Labute approximate surface area is 452 Å². The van der Waals surface area contributed by atoms with Crippen LogP contribution in [0.1, 0.15) is 0 Å². The van der Waals surface area contributed by atoms with Crippen molar-refractivity contribution in [3.63, 3.8) is 0 Å². The lowest BCUT2D eigenvalue weighted by Gasteiger charge is -2.60. The monoisotopic (exact) mass is 1180 g/mol. The van der Waals surface area contributed by atoms with E-state index >= 15 is 0 Å². The van der Waals surface area contributed by atoms with Gasteiger partial charge in [0.2, 0.25) is 0 Å². The molecule has 24 heteroatoms. The average Bonchev–Trinajstić information content (AvgIpc) is 3.47. The zero-order valence-electron chi connectivity index (χ0n) is 41.8. The van der Waals surface area contributed by atoms with Crippen LogP contribution in [-0.4, -0.2) is 87.6 Å². The van der Waals surface area contributed by atoms with E-state index in [1.807, 2.05) is 269 Å². The van der Waals surface area contributed by atoms with E-state index < -0.39 is 87.6 Å². The number of fused-ring (bicyclic) bond motifs is 4. The summed E-state index contributed by atoms with van der Waals surface area (Å²) in [7, 11) is -47.3. The molecule has 8 aromatic carbocycles. The van der Waals surface area contributed by atoms with Gasteiger partial charge in [-0.05, 0) is 26.2 Å². The molecule has 0 radical (unpaired) electrons. The summed E-state index contributed by atoms with van der Waals surface area (Å²) in [6.45, 7) is 7.83. The van der Waals surface area contributed by atoms with Crippen molar-refractivity contribution in [3.05, 3.63) is 243 Å². The first-order valence-corrected chi connectivity index (χ1v) is 44.4. The van der Waals surface area contributed by atoms with Crippen LogP contribution in [0.3, 0.4) is 0 Å². The first-order chi connectivity index (χ1) is 36.7. The largest absolute Gasteiger partial charge is 0.515 e. The van der Waals surface area contributed by atoms with Gasteiger partial charge in [-0.1, -0.05) is 243 Å². The Bertz CT molecular complexity index is 2870. The summed E-state index contributed by atoms with van der Waals surface area (Å²) in [6.07, 6.45) is 0. The second-order valence-electron chi connectivity index (χ2n) is 19.6. The molecule has 6 aliphatic heterocycles. The van der Waals surface area contributed by atoms with Crippen molar-refractivity contribution in [1.82, 2.24) is 0 Å². The number of rotatable bonds is 8. The molecule has 8 aromatic rings. The standard InChI is InChI=1S/C52H52O14Si10/c1-67(2)53-69(45-29-13-5-14-30-45)57-73(49-37-21-9-22-38-49)61-71(47-33-17-7-18-34-47)55-68(3,4)56-72(48-35-19-8-20-36-48)63-75(65-73,51-41-25-11-26-42-51)59-70(54-67,46-31-15-6-16-32-46)60-76(64-72,52-43-27-12-28-44-52)66-74(58-69,62-71)50-39-23-10-24-40-50/h5-44H,1-4H3. The fourth-order valence-electron chi connectivity index (χ4n) is 10.2. The van der Waals surface area contributed by atoms with Crippen molar-refractivity contribution in [1.29, 1.82) is 0 Å². The fraction of sp³-hybridized carbons (Fsp3) is 0.0769. The van der Waals surface area contributed by atoms with Gasteiger partial charge >= 0.3 is 87.6 Å². The van der Waals surface area contributed by atoms with E-state index in [4.69, 9.17) is 57.6 Å². The first-order valence-electron chi connectivity index (χ1n) is 25.0. The van der Waals surface area contributed by atoms with Gasteiger partial charge in [0.1, 0.15) is 0 Å². The van der Waals surface area contributed by atoms with Crippen LogP contribution < -0.4 is 41.5 Å². The lowest BCUT2D eigenvalue weighted by atomic mass is 10.4. The molecule has 76 heavy (non-hydrogen) atoms. The molecule has 0 aliphatic carbocycles. The fourth-order valence-corrected chi connectivity index (χ4v) is 64.9. The molecule has 14 nitrogen and oxygen atoms in total. The molecule has 0 atom stereocenters. The van der Waals surface area contributed by atoms with E-state index in [1.54, 1.807) is 0 Å². The van der Waals surface area contributed by atoms with Crippen molar-refractivity contribution in [3.8, 4) is 0 Å². The second kappa shape index (κ2) is 19.0. The molecule has 14 rings (SSSR count). The summed E-state index contributed by atoms with van der Waals surface area (Å²) in [5.41, 5.74) is 0. The van der Waals surface area contributed by atoms with E-state index in [2.05, 4.69) is 0 Å². The van der Waals surface area contributed by atoms with E-state index in [0.717, 1.165) is 0 Å². The van der Waals surface area contributed by atoms with Crippen molar-refractivity contribution in [2.75, 3.05) is 0 Å². The molecule has 0 amide bonds. The molecule has 0 spiro atoms. The van der Waals surface area contributed by atoms with Crippen LogP contribution in [0.15, 0.2) is 243 Å². The van der Waals surface area contributed by atoms with Gasteiger partial charge in [-0.3, -0.25) is 0 Å². The van der Waals surface area contributed by atoms with Crippen LogP contribution in [0.5, 0.6) is 0 Å². The van der Waals surface area contributed by atoms with E-state index in [-0.39, 0.29) is 0 Å². The lowest BCUT2D eigenvalue weighted by Crippen LogP contribution is -2.93. The van der Waals surface area contributed by atoms with Crippen molar-refractivity contribution < 1.29 is 57.6 Å². The first kappa shape index (κ1) is 50.8.